The monoisotopic (exact) mass is 461 g/mol. The smallest absolute Gasteiger partial charge is 0.255 e. The Morgan fingerprint density at radius 3 is 2.34 bits per heavy atom. The molecule has 2 aromatic rings. The van der Waals surface area contributed by atoms with E-state index in [2.05, 4.69) is 41.9 Å². The van der Waals surface area contributed by atoms with Gasteiger partial charge in [-0.25, -0.2) is 13.1 Å². The average molecular weight is 462 g/mol. The maximum atomic E-state index is 12.4. The molecule has 0 bridgehead atoms. The summed E-state index contributed by atoms with van der Waals surface area (Å²) in [6, 6.07) is 8.06. The summed E-state index contributed by atoms with van der Waals surface area (Å²) in [6.45, 7) is 7.02. The van der Waals surface area contributed by atoms with Crippen LogP contribution in [0.4, 0.5) is 0 Å². The number of hydrogen-bond acceptors (Lipinski definition) is 5. The van der Waals surface area contributed by atoms with E-state index in [0.717, 1.165) is 48.1 Å². The Hall–Kier alpha value is -2.16. The number of benzene rings is 1. The predicted molar refractivity (Wildman–Crippen MR) is 129 cm³/mol. The van der Waals surface area contributed by atoms with Crippen molar-refractivity contribution in [3.8, 4) is 16.9 Å². The third kappa shape index (κ3) is 6.21. The van der Waals surface area contributed by atoms with Crippen molar-refractivity contribution in [3.63, 3.8) is 0 Å². The standard InChI is InChI=1S/C24H35N3O4S/c1-24(2,3)21-14-16(20-7-6-12-25-23(20)28)13-17(22(21)31-4)15-26-18-8-10-19(11-9-18)27-32(5,29)30/h6-7,12-14,18-19,26-27H,8-11,15H2,1-5H3,(H,25,28). The topological polar surface area (TPSA) is 100 Å². The summed E-state index contributed by atoms with van der Waals surface area (Å²) >= 11 is 0. The van der Waals surface area contributed by atoms with Crippen LogP contribution in [0.3, 0.4) is 0 Å². The summed E-state index contributed by atoms with van der Waals surface area (Å²) in [7, 11) is -1.49. The van der Waals surface area contributed by atoms with Gasteiger partial charge in [-0.15, -0.1) is 0 Å². The zero-order valence-electron chi connectivity index (χ0n) is 19.6. The van der Waals surface area contributed by atoms with Gasteiger partial charge in [0.25, 0.3) is 5.56 Å². The number of pyridine rings is 1. The first-order chi connectivity index (χ1) is 15.0. The summed E-state index contributed by atoms with van der Waals surface area (Å²) in [6.07, 6.45) is 6.28. The second-order valence-corrected chi connectivity index (χ2v) is 11.5. The average Bonchev–Trinajstić information content (AvgIpc) is 2.71. The molecule has 3 rings (SSSR count). The molecule has 0 aliphatic heterocycles. The van der Waals surface area contributed by atoms with Gasteiger partial charge in [-0.3, -0.25) is 4.79 Å². The van der Waals surface area contributed by atoms with E-state index in [0.29, 0.717) is 18.2 Å². The van der Waals surface area contributed by atoms with Gasteiger partial charge >= 0.3 is 0 Å². The van der Waals surface area contributed by atoms with Crippen LogP contribution in [0.1, 0.15) is 57.6 Å². The fraction of sp³-hybridized carbons (Fsp3) is 0.542. The second kappa shape index (κ2) is 9.77. The molecule has 1 aliphatic rings. The van der Waals surface area contributed by atoms with E-state index in [1.54, 1.807) is 13.3 Å². The third-order valence-corrected chi connectivity index (χ3v) is 6.76. The summed E-state index contributed by atoms with van der Waals surface area (Å²) < 4.78 is 31.5. The SMILES string of the molecule is COc1c(CNC2CCC(NS(C)(=O)=O)CC2)cc(-c2ccc[nH]c2=O)cc1C(C)(C)C. The summed E-state index contributed by atoms with van der Waals surface area (Å²) in [4.78, 5) is 15.2. The first kappa shape index (κ1) is 24.5. The van der Waals surface area contributed by atoms with Crippen LogP contribution in [-0.2, 0) is 22.0 Å². The van der Waals surface area contributed by atoms with Gasteiger partial charge in [0.2, 0.25) is 10.0 Å². The molecule has 0 saturated heterocycles. The van der Waals surface area contributed by atoms with Crippen molar-refractivity contribution >= 4 is 10.0 Å². The Morgan fingerprint density at radius 1 is 1.12 bits per heavy atom. The number of aromatic amines is 1. The second-order valence-electron chi connectivity index (χ2n) is 9.70. The lowest BCUT2D eigenvalue weighted by molar-refractivity contribution is 0.325. The lowest BCUT2D eigenvalue weighted by atomic mass is 9.83. The van der Waals surface area contributed by atoms with E-state index in [1.165, 1.54) is 6.26 Å². The molecule has 1 aromatic carbocycles. The van der Waals surface area contributed by atoms with Crippen LogP contribution in [0.15, 0.2) is 35.3 Å². The highest BCUT2D eigenvalue weighted by molar-refractivity contribution is 7.88. The highest BCUT2D eigenvalue weighted by atomic mass is 32.2. The van der Waals surface area contributed by atoms with Gasteiger partial charge in [0.05, 0.1) is 13.4 Å². The van der Waals surface area contributed by atoms with Crippen molar-refractivity contribution in [3.05, 3.63) is 51.9 Å². The molecule has 3 N–H and O–H groups in total. The van der Waals surface area contributed by atoms with E-state index in [-0.39, 0.29) is 17.0 Å². The minimum absolute atomic E-state index is 0.0122. The Morgan fingerprint density at radius 2 is 1.78 bits per heavy atom. The van der Waals surface area contributed by atoms with E-state index in [1.807, 2.05) is 18.2 Å². The third-order valence-electron chi connectivity index (χ3n) is 6.00. The molecule has 0 atom stereocenters. The van der Waals surface area contributed by atoms with E-state index in [9.17, 15) is 13.2 Å². The number of H-pyrrole nitrogens is 1. The molecule has 8 heteroatoms. The van der Waals surface area contributed by atoms with Crippen LogP contribution in [-0.4, -0.2) is 38.9 Å². The van der Waals surface area contributed by atoms with Crippen molar-refractivity contribution in [2.75, 3.05) is 13.4 Å². The van der Waals surface area contributed by atoms with E-state index < -0.39 is 10.0 Å². The van der Waals surface area contributed by atoms with Crippen molar-refractivity contribution in [1.82, 2.24) is 15.0 Å². The van der Waals surface area contributed by atoms with E-state index >= 15 is 0 Å². The molecule has 1 heterocycles. The lowest BCUT2D eigenvalue weighted by Crippen LogP contribution is -2.41. The number of hydrogen-bond donors (Lipinski definition) is 3. The molecule has 0 spiro atoms. The molecule has 1 aliphatic carbocycles. The largest absolute Gasteiger partial charge is 0.496 e. The molecule has 32 heavy (non-hydrogen) atoms. The predicted octanol–water partition coefficient (Wildman–Crippen LogP) is 3.30. The van der Waals surface area contributed by atoms with Crippen LogP contribution >= 0.6 is 0 Å². The molecular formula is C24H35N3O4S. The highest BCUT2D eigenvalue weighted by Gasteiger charge is 2.26. The van der Waals surface area contributed by atoms with Crippen LogP contribution in [0.2, 0.25) is 0 Å². The molecule has 0 amide bonds. The molecule has 7 nitrogen and oxygen atoms in total. The molecule has 1 fully saturated rings. The number of rotatable bonds is 7. The fourth-order valence-corrected chi connectivity index (χ4v) is 5.24. The summed E-state index contributed by atoms with van der Waals surface area (Å²) in [5, 5.41) is 3.62. The van der Waals surface area contributed by atoms with Gasteiger partial charge in [0, 0.05) is 41.5 Å². The van der Waals surface area contributed by atoms with Gasteiger partial charge in [-0.2, -0.15) is 0 Å². The highest BCUT2D eigenvalue weighted by Crippen LogP contribution is 2.37. The minimum atomic E-state index is -3.17. The summed E-state index contributed by atoms with van der Waals surface area (Å²) in [5.41, 5.74) is 3.29. The fourth-order valence-electron chi connectivity index (χ4n) is 4.40. The number of methoxy groups -OCH3 is 1. The minimum Gasteiger partial charge on any atom is -0.496 e. The zero-order chi connectivity index (χ0) is 23.5. The number of ether oxygens (including phenoxy) is 1. The van der Waals surface area contributed by atoms with Gasteiger partial charge in [0.1, 0.15) is 5.75 Å². The van der Waals surface area contributed by atoms with Gasteiger partial charge in [0.15, 0.2) is 0 Å². The number of nitrogens with one attached hydrogen (secondary N) is 3. The van der Waals surface area contributed by atoms with Crippen LogP contribution in [0.5, 0.6) is 5.75 Å². The first-order valence-electron chi connectivity index (χ1n) is 11.1. The molecule has 176 valence electrons. The van der Waals surface area contributed by atoms with Crippen molar-refractivity contribution in [2.45, 2.75) is 70.5 Å². The lowest BCUT2D eigenvalue weighted by Gasteiger charge is -2.30. The van der Waals surface area contributed by atoms with Gasteiger partial charge < -0.3 is 15.0 Å². The Kier molecular flexibility index (Phi) is 7.47. The van der Waals surface area contributed by atoms with Crippen molar-refractivity contribution < 1.29 is 13.2 Å². The number of aromatic nitrogens is 1. The van der Waals surface area contributed by atoms with Gasteiger partial charge in [-0.05, 0) is 60.9 Å². The molecular weight excluding hydrogens is 426 g/mol. The maximum Gasteiger partial charge on any atom is 0.255 e. The Bertz CT molecular complexity index is 1090. The Balaban J connectivity index is 1.83. The molecule has 0 unspecified atom stereocenters. The summed E-state index contributed by atoms with van der Waals surface area (Å²) in [5.74, 6) is 0.841. The molecule has 1 aromatic heterocycles. The molecule has 1 saturated carbocycles. The van der Waals surface area contributed by atoms with Crippen LogP contribution in [0, 0.1) is 0 Å². The number of sulfonamides is 1. The normalized spacial score (nSPS) is 19.7. The quantitative estimate of drug-likeness (QED) is 0.587. The van der Waals surface area contributed by atoms with Gasteiger partial charge in [-0.1, -0.05) is 20.8 Å². The van der Waals surface area contributed by atoms with Crippen LogP contribution < -0.4 is 20.3 Å². The Labute approximate surface area is 191 Å². The van der Waals surface area contributed by atoms with Crippen molar-refractivity contribution in [2.24, 2.45) is 0 Å². The molecule has 0 radical (unpaired) electrons. The zero-order valence-corrected chi connectivity index (χ0v) is 20.4. The van der Waals surface area contributed by atoms with E-state index in [4.69, 9.17) is 4.74 Å². The maximum absolute atomic E-state index is 12.4. The van der Waals surface area contributed by atoms with Crippen LogP contribution in [0.25, 0.3) is 11.1 Å². The first-order valence-corrected chi connectivity index (χ1v) is 13.0. The van der Waals surface area contributed by atoms with Crippen molar-refractivity contribution in [1.29, 1.82) is 0 Å².